The number of rotatable bonds is 8. The molecular formula is C74H58N8Zn. The van der Waals surface area contributed by atoms with Gasteiger partial charge in [-0.1, -0.05) is 134 Å². The molecule has 0 unspecified atom stereocenters. The monoisotopic (exact) mass is 1120 g/mol. The Bertz CT molecular complexity index is 4290. The number of pyridine rings is 4. The molecule has 9 heteroatoms. The van der Waals surface area contributed by atoms with Crippen molar-refractivity contribution in [1.29, 1.82) is 0 Å². The first-order chi connectivity index (χ1) is 39.8. The van der Waals surface area contributed by atoms with Crippen molar-refractivity contribution in [3.05, 3.63) is 274 Å². The summed E-state index contributed by atoms with van der Waals surface area (Å²) in [7, 11) is 0. The molecule has 12 aromatic rings. The van der Waals surface area contributed by atoms with Crippen molar-refractivity contribution in [2.45, 2.75) is 55.4 Å². The van der Waals surface area contributed by atoms with Crippen molar-refractivity contribution < 1.29 is 19.5 Å². The van der Waals surface area contributed by atoms with Gasteiger partial charge >= 0.3 is 19.5 Å². The normalized spacial score (nSPS) is 14.3. The molecule has 8 nitrogen and oxygen atoms in total. The molecule has 0 saturated heterocycles. The molecule has 0 amide bonds. The number of aromatic nitrogens is 6. The molecule has 396 valence electrons. The van der Waals surface area contributed by atoms with Crippen molar-refractivity contribution >= 4 is 66.2 Å². The second kappa shape index (κ2) is 22.4. The molecule has 0 radical (unpaired) electrons. The summed E-state index contributed by atoms with van der Waals surface area (Å²) in [6.45, 7) is 16.7. The van der Waals surface area contributed by atoms with E-state index in [4.69, 9.17) is 39.9 Å². The molecule has 14 rings (SSSR count). The molecule has 0 aliphatic carbocycles. The third-order valence-electron chi connectivity index (χ3n) is 15.3. The first-order valence-corrected chi connectivity index (χ1v) is 27.8. The van der Waals surface area contributed by atoms with Crippen LogP contribution in [0.3, 0.4) is 0 Å². The molecule has 2 aliphatic rings. The molecule has 83 heavy (non-hydrogen) atoms. The van der Waals surface area contributed by atoms with E-state index < -0.39 is 0 Å². The van der Waals surface area contributed by atoms with Crippen LogP contribution in [0.25, 0.3) is 99.8 Å². The average Bonchev–Trinajstić information content (AvgIpc) is 4.44. The van der Waals surface area contributed by atoms with Crippen LogP contribution in [0.2, 0.25) is 0 Å². The van der Waals surface area contributed by atoms with Gasteiger partial charge in [-0.25, -0.2) is 19.9 Å². The third kappa shape index (κ3) is 10.8. The Balaban J connectivity index is 0.000000162. The zero-order chi connectivity index (χ0) is 56.2. The predicted octanol–water partition coefficient (Wildman–Crippen LogP) is 17.7. The summed E-state index contributed by atoms with van der Waals surface area (Å²) < 4.78 is 0. The Morgan fingerprint density at radius 3 is 0.867 bits per heavy atom. The van der Waals surface area contributed by atoms with Gasteiger partial charge < -0.3 is 9.97 Å². The third-order valence-corrected chi connectivity index (χ3v) is 15.3. The average molecular weight is 1120 g/mol. The predicted molar refractivity (Wildman–Crippen MR) is 340 cm³/mol. The van der Waals surface area contributed by atoms with E-state index in [2.05, 4.69) is 185 Å². The Labute approximate surface area is 496 Å². The summed E-state index contributed by atoms with van der Waals surface area (Å²) in [5.41, 5.74) is 28.2. The number of hydrogen-bond acceptors (Lipinski definition) is 6. The van der Waals surface area contributed by atoms with Gasteiger partial charge in [-0.2, -0.15) is 11.4 Å². The molecular weight excluding hydrogens is 1070 g/mol. The molecule has 0 fully saturated rings. The number of aryl methyl sites for hydroxylation is 4. The van der Waals surface area contributed by atoms with Crippen LogP contribution in [-0.2, 0) is 19.5 Å². The van der Waals surface area contributed by atoms with Crippen LogP contribution in [0.1, 0.15) is 72.7 Å². The van der Waals surface area contributed by atoms with E-state index in [1.807, 2.05) is 76.2 Å². The summed E-state index contributed by atoms with van der Waals surface area (Å²) in [5, 5.41) is 4.48. The van der Waals surface area contributed by atoms with Crippen molar-refractivity contribution in [3.63, 3.8) is 0 Å². The fourth-order valence-electron chi connectivity index (χ4n) is 11.5. The first kappa shape index (κ1) is 54.1. The fourth-order valence-corrected chi connectivity index (χ4v) is 11.5. The fraction of sp³-hybridized carbons (Fsp3) is 0.108. The molecule has 6 aromatic carbocycles. The Morgan fingerprint density at radius 1 is 0.325 bits per heavy atom. The minimum atomic E-state index is 0. The molecule has 6 aromatic heterocycles. The summed E-state index contributed by atoms with van der Waals surface area (Å²) in [4.78, 5) is 40.2. The number of fused-ring (bicyclic) bond motifs is 4. The van der Waals surface area contributed by atoms with Crippen molar-refractivity contribution in [2.75, 3.05) is 0 Å². The molecule has 0 spiro atoms. The van der Waals surface area contributed by atoms with E-state index in [1.54, 1.807) is 0 Å². The summed E-state index contributed by atoms with van der Waals surface area (Å²) in [6, 6.07) is 67.5. The van der Waals surface area contributed by atoms with Crippen molar-refractivity contribution in [2.24, 2.45) is 9.98 Å². The van der Waals surface area contributed by atoms with Gasteiger partial charge in [-0.15, -0.1) is 11.4 Å². The van der Waals surface area contributed by atoms with Gasteiger partial charge in [0.2, 0.25) is 0 Å². The largest absolute Gasteiger partial charge is 2.00 e. The van der Waals surface area contributed by atoms with E-state index in [-0.39, 0.29) is 19.5 Å². The summed E-state index contributed by atoms with van der Waals surface area (Å²) in [6.07, 6.45) is 4.28. The quantitative estimate of drug-likeness (QED) is 0.140. The van der Waals surface area contributed by atoms with Gasteiger partial charge in [0, 0.05) is 55.2 Å². The summed E-state index contributed by atoms with van der Waals surface area (Å²) in [5.74, 6) is 0. The Kier molecular flexibility index (Phi) is 14.6. The van der Waals surface area contributed by atoms with Gasteiger partial charge in [-0.3, -0.25) is 9.98 Å². The topological polar surface area (TPSA) is 104 Å². The van der Waals surface area contributed by atoms with E-state index in [9.17, 15) is 0 Å². The SMILES string of the molecule is CC1=CC(C)=N/C1=C(/c1cc(-c2ccc3ccccc3n2)cc(-c2ccc3ccccc3n2)c1)c1[n-]c(C)cc1C.CC1=CC(C)=N/C1=C(/c1cc(-c2ccc3ccccc3n2)cc(-c2ccc3ccccc3n2)c1)c1[n-]c(C)cc1C.[Zn+2]. The van der Waals surface area contributed by atoms with Crippen LogP contribution in [0.15, 0.2) is 239 Å². The number of allylic oxidation sites excluding steroid dienone is 4. The zero-order valence-electron chi connectivity index (χ0n) is 47.9. The van der Waals surface area contributed by atoms with Crippen LogP contribution >= 0.6 is 0 Å². The van der Waals surface area contributed by atoms with E-state index in [1.165, 1.54) is 0 Å². The molecule has 0 saturated carbocycles. The molecule has 0 N–H and O–H groups in total. The second-order valence-electron chi connectivity index (χ2n) is 21.6. The molecule has 0 bridgehead atoms. The van der Waals surface area contributed by atoms with Gasteiger partial charge in [0.25, 0.3) is 0 Å². The zero-order valence-corrected chi connectivity index (χ0v) is 50.9. The van der Waals surface area contributed by atoms with E-state index in [0.717, 1.165) is 179 Å². The van der Waals surface area contributed by atoms with Crippen LogP contribution in [0.5, 0.6) is 0 Å². The minimum absolute atomic E-state index is 0. The van der Waals surface area contributed by atoms with Gasteiger partial charge in [0.15, 0.2) is 0 Å². The Hall–Kier alpha value is -9.56. The first-order valence-electron chi connectivity index (χ1n) is 27.8. The van der Waals surface area contributed by atoms with E-state index >= 15 is 0 Å². The van der Waals surface area contributed by atoms with E-state index in [0.29, 0.717) is 0 Å². The standard InChI is InChI=1S/2C37H29N4.Zn/c2*1-22-17-24(3)38-36(22)35(37-23(2)18-25(4)39-37)30-20-28(33-15-13-26-9-5-7-11-31(26)40-33)19-29(21-30)34-16-14-27-10-6-8-12-32(27)41-34;/h2*5-21H,1-4H3;/q2*-1;+2/b2*36-35-;. The van der Waals surface area contributed by atoms with Gasteiger partial charge in [0.1, 0.15) is 0 Å². The smallest absolute Gasteiger partial charge is 0.661 e. The summed E-state index contributed by atoms with van der Waals surface area (Å²) >= 11 is 0. The number of aliphatic imine (C=N–C) groups is 2. The van der Waals surface area contributed by atoms with Crippen molar-refractivity contribution in [3.8, 4) is 45.0 Å². The second-order valence-corrected chi connectivity index (χ2v) is 21.6. The molecule has 8 heterocycles. The maximum Gasteiger partial charge on any atom is 2.00 e. The van der Waals surface area contributed by atoms with Gasteiger partial charge in [0.05, 0.1) is 56.2 Å². The molecule has 2 aliphatic heterocycles. The Morgan fingerprint density at radius 2 is 0.614 bits per heavy atom. The van der Waals surface area contributed by atoms with Gasteiger partial charge in [-0.05, 0) is 172 Å². The number of para-hydroxylation sites is 4. The molecule has 0 atom stereocenters. The van der Waals surface area contributed by atoms with Crippen LogP contribution in [-0.4, -0.2) is 31.4 Å². The van der Waals surface area contributed by atoms with Crippen LogP contribution < -0.4 is 9.97 Å². The maximum atomic E-state index is 5.06. The van der Waals surface area contributed by atoms with Crippen LogP contribution in [0, 0.1) is 27.7 Å². The number of nitrogens with zero attached hydrogens (tertiary/aromatic N) is 8. The minimum Gasteiger partial charge on any atom is -0.661 e. The van der Waals surface area contributed by atoms with Crippen LogP contribution in [0.4, 0.5) is 0 Å². The number of benzene rings is 6. The van der Waals surface area contributed by atoms with Crippen molar-refractivity contribution in [1.82, 2.24) is 29.9 Å². The number of hydrogen-bond donors (Lipinski definition) is 0. The maximum absolute atomic E-state index is 5.06.